The molecule has 0 saturated carbocycles. The van der Waals surface area contributed by atoms with E-state index in [1.54, 1.807) is 0 Å². The molecule has 0 aliphatic heterocycles. The monoisotopic (exact) mass is 375 g/mol. The van der Waals surface area contributed by atoms with Crippen molar-refractivity contribution in [3.05, 3.63) is 44.8 Å². The van der Waals surface area contributed by atoms with Gasteiger partial charge in [-0.2, -0.15) is 0 Å². The molecule has 0 saturated heterocycles. The zero-order valence-corrected chi connectivity index (χ0v) is 12.5. The first-order chi connectivity index (χ1) is 7.99. The van der Waals surface area contributed by atoms with Gasteiger partial charge < -0.3 is 5.73 Å². The van der Waals surface area contributed by atoms with E-state index in [9.17, 15) is 4.79 Å². The number of fused-ring (bicyclic) bond motifs is 1. The second-order valence-electron chi connectivity index (χ2n) is 3.65. The van der Waals surface area contributed by atoms with E-state index in [1.165, 1.54) is 0 Å². The van der Waals surface area contributed by atoms with E-state index in [-0.39, 0.29) is 0 Å². The zero-order valence-electron chi connectivity index (χ0n) is 8.58. The summed E-state index contributed by atoms with van der Waals surface area (Å²) in [5, 5.41) is 1.51. The van der Waals surface area contributed by atoms with Gasteiger partial charge in [-0.1, -0.05) is 37.9 Å². The van der Waals surface area contributed by atoms with Gasteiger partial charge >= 0.3 is 0 Å². The van der Waals surface area contributed by atoms with Crippen molar-refractivity contribution in [2.75, 3.05) is 0 Å². The van der Waals surface area contributed by atoms with Crippen LogP contribution in [-0.4, -0.2) is 5.24 Å². The van der Waals surface area contributed by atoms with Crippen LogP contribution in [0.5, 0.6) is 0 Å². The third kappa shape index (κ3) is 2.71. The molecule has 1 atom stereocenters. The van der Waals surface area contributed by atoms with Gasteiger partial charge in [0.2, 0.25) is 5.24 Å². The Kier molecular flexibility index (Phi) is 3.88. The predicted octanol–water partition coefficient (Wildman–Crippen LogP) is 4.13. The maximum Gasteiger partial charge on any atom is 0.242 e. The lowest BCUT2D eigenvalue weighted by atomic mass is 10.0. The molecule has 0 aliphatic rings. The second kappa shape index (κ2) is 5.06. The van der Waals surface area contributed by atoms with Crippen molar-refractivity contribution >= 4 is 59.5 Å². The van der Waals surface area contributed by atoms with E-state index in [2.05, 4.69) is 31.9 Å². The number of halogens is 3. The van der Waals surface area contributed by atoms with Crippen molar-refractivity contribution in [2.24, 2.45) is 5.73 Å². The van der Waals surface area contributed by atoms with Gasteiger partial charge in [0.15, 0.2) is 0 Å². The number of carbonyl (C=O) groups excluding carboxylic acids is 1. The molecule has 0 fully saturated rings. The molecule has 0 radical (unpaired) electrons. The van der Waals surface area contributed by atoms with E-state index in [4.69, 9.17) is 17.3 Å². The Labute approximate surface area is 120 Å². The number of carbonyl (C=O) groups is 1. The summed E-state index contributed by atoms with van der Waals surface area (Å²) >= 11 is 12.2. The number of hydrogen-bond acceptors (Lipinski definition) is 2. The van der Waals surface area contributed by atoms with Crippen LogP contribution in [0, 0.1) is 0 Å². The van der Waals surface area contributed by atoms with E-state index < -0.39 is 11.3 Å². The largest absolute Gasteiger partial charge is 0.317 e. The standard InChI is InChI=1S/C12H8Br2ClNO/c13-8-2-1-6-4-9(11(16)12(15)17)10(14)5-7(6)3-8/h1-5,11H,16H2. The van der Waals surface area contributed by atoms with Gasteiger partial charge in [0, 0.05) is 8.95 Å². The van der Waals surface area contributed by atoms with Gasteiger partial charge in [-0.3, -0.25) is 4.79 Å². The first kappa shape index (κ1) is 13.0. The summed E-state index contributed by atoms with van der Waals surface area (Å²) in [5.41, 5.74) is 6.43. The second-order valence-corrected chi connectivity index (χ2v) is 5.79. The minimum Gasteiger partial charge on any atom is -0.317 e. The quantitative estimate of drug-likeness (QED) is 0.800. The van der Waals surface area contributed by atoms with Gasteiger partial charge in [0.05, 0.1) is 0 Å². The molecule has 0 heterocycles. The van der Waals surface area contributed by atoms with Crippen LogP contribution in [0.1, 0.15) is 11.6 Å². The Bertz CT molecular complexity index is 600. The highest BCUT2D eigenvalue weighted by Crippen LogP contribution is 2.30. The first-order valence-electron chi connectivity index (χ1n) is 4.82. The fourth-order valence-corrected chi connectivity index (χ4v) is 2.72. The predicted molar refractivity (Wildman–Crippen MR) is 77.1 cm³/mol. The zero-order chi connectivity index (χ0) is 12.6. The minimum atomic E-state index is -0.806. The van der Waals surface area contributed by atoms with Crippen LogP contribution in [-0.2, 0) is 4.79 Å². The van der Waals surface area contributed by atoms with E-state index in [0.29, 0.717) is 5.56 Å². The third-order valence-corrected chi connectivity index (χ3v) is 3.91. The van der Waals surface area contributed by atoms with Crippen LogP contribution in [0.15, 0.2) is 39.3 Å². The summed E-state index contributed by atoms with van der Waals surface area (Å²) in [6, 6.07) is 8.89. The van der Waals surface area contributed by atoms with Crippen molar-refractivity contribution in [3.8, 4) is 0 Å². The normalized spacial score (nSPS) is 12.7. The van der Waals surface area contributed by atoms with Crippen molar-refractivity contribution in [2.45, 2.75) is 6.04 Å². The lowest BCUT2D eigenvalue weighted by Gasteiger charge is -2.11. The third-order valence-electron chi connectivity index (χ3n) is 2.50. The molecule has 2 rings (SSSR count). The molecule has 2 N–H and O–H groups in total. The summed E-state index contributed by atoms with van der Waals surface area (Å²) in [6.45, 7) is 0. The summed E-state index contributed by atoms with van der Waals surface area (Å²) in [4.78, 5) is 11.1. The molecular formula is C12H8Br2ClNO. The van der Waals surface area contributed by atoms with Crippen molar-refractivity contribution in [3.63, 3.8) is 0 Å². The van der Waals surface area contributed by atoms with E-state index in [1.807, 2.05) is 30.3 Å². The Morgan fingerprint density at radius 3 is 2.53 bits per heavy atom. The van der Waals surface area contributed by atoms with Crippen LogP contribution in [0.4, 0.5) is 0 Å². The first-order valence-corrected chi connectivity index (χ1v) is 6.79. The molecule has 0 bridgehead atoms. The van der Waals surface area contributed by atoms with Crippen molar-refractivity contribution in [1.82, 2.24) is 0 Å². The Morgan fingerprint density at radius 1 is 1.18 bits per heavy atom. The smallest absolute Gasteiger partial charge is 0.242 e. The van der Waals surface area contributed by atoms with Crippen LogP contribution in [0.2, 0.25) is 0 Å². The number of hydrogen-bond donors (Lipinski definition) is 1. The molecule has 17 heavy (non-hydrogen) atoms. The van der Waals surface area contributed by atoms with Gasteiger partial charge in [-0.15, -0.1) is 0 Å². The molecule has 0 aliphatic carbocycles. The van der Waals surface area contributed by atoms with Gasteiger partial charge in [0.25, 0.3) is 0 Å². The van der Waals surface area contributed by atoms with E-state index in [0.717, 1.165) is 19.7 Å². The van der Waals surface area contributed by atoms with Gasteiger partial charge in [-0.05, 0) is 52.2 Å². The molecule has 2 nitrogen and oxygen atoms in total. The molecule has 1 unspecified atom stereocenters. The SMILES string of the molecule is NC(C(=O)Cl)c1cc2ccc(Br)cc2cc1Br. The van der Waals surface area contributed by atoms with Crippen LogP contribution < -0.4 is 5.73 Å². The molecule has 88 valence electrons. The molecule has 0 aromatic heterocycles. The van der Waals surface area contributed by atoms with Crippen LogP contribution in [0.3, 0.4) is 0 Å². The fourth-order valence-electron chi connectivity index (χ4n) is 1.62. The summed E-state index contributed by atoms with van der Waals surface area (Å²) in [7, 11) is 0. The highest BCUT2D eigenvalue weighted by atomic mass is 79.9. The van der Waals surface area contributed by atoms with Crippen molar-refractivity contribution in [1.29, 1.82) is 0 Å². The highest BCUT2D eigenvalue weighted by Gasteiger charge is 2.16. The Morgan fingerprint density at radius 2 is 1.88 bits per heavy atom. The maximum atomic E-state index is 11.1. The molecular weight excluding hydrogens is 369 g/mol. The fraction of sp³-hybridized carbons (Fsp3) is 0.0833. The molecule has 2 aromatic rings. The number of nitrogens with two attached hydrogens (primary N) is 1. The maximum absolute atomic E-state index is 11.1. The number of rotatable bonds is 2. The molecule has 0 spiro atoms. The van der Waals surface area contributed by atoms with Crippen LogP contribution in [0.25, 0.3) is 10.8 Å². The summed E-state index contributed by atoms with van der Waals surface area (Å²) in [5.74, 6) is 0. The Balaban J connectivity index is 2.63. The number of benzene rings is 2. The lowest BCUT2D eigenvalue weighted by Crippen LogP contribution is -2.17. The average molecular weight is 377 g/mol. The minimum absolute atomic E-state index is 0.567. The van der Waals surface area contributed by atoms with E-state index >= 15 is 0 Å². The van der Waals surface area contributed by atoms with Gasteiger partial charge in [0.1, 0.15) is 6.04 Å². The summed E-state index contributed by atoms with van der Waals surface area (Å²) in [6.07, 6.45) is 0. The topological polar surface area (TPSA) is 43.1 Å². The molecule has 2 aromatic carbocycles. The average Bonchev–Trinajstić information content (AvgIpc) is 2.27. The summed E-state index contributed by atoms with van der Waals surface area (Å²) < 4.78 is 1.78. The van der Waals surface area contributed by atoms with Crippen LogP contribution >= 0.6 is 43.5 Å². The lowest BCUT2D eigenvalue weighted by molar-refractivity contribution is -0.112. The Hall–Kier alpha value is -0.420. The van der Waals surface area contributed by atoms with Gasteiger partial charge in [-0.25, -0.2) is 0 Å². The highest BCUT2D eigenvalue weighted by molar-refractivity contribution is 9.10. The molecule has 5 heteroatoms. The molecule has 0 amide bonds. The van der Waals surface area contributed by atoms with Crippen molar-refractivity contribution < 1.29 is 4.79 Å².